The van der Waals surface area contributed by atoms with E-state index >= 15 is 0 Å². The summed E-state index contributed by atoms with van der Waals surface area (Å²) < 4.78 is 5.83. The van der Waals surface area contributed by atoms with Crippen LogP contribution < -0.4 is 0 Å². The average molecular weight is 240 g/mol. The minimum Gasteiger partial charge on any atom is -0.481 e. The van der Waals surface area contributed by atoms with Crippen molar-refractivity contribution < 1.29 is 14.6 Å². The van der Waals surface area contributed by atoms with Crippen LogP contribution in [-0.4, -0.2) is 17.7 Å². The van der Waals surface area contributed by atoms with Gasteiger partial charge < -0.3 is 9.84 Å². The van der Waals surface area contributed by atoms with Crippen molar-refractivity contribution in [3.05, 3.63) is 21.9 Å². The molecule has 0 spiro atoms. The Hall–Kier alpha value is -0.870. The first-order valence-corrected chi connectivity index (χ1v) is 6.48. The van der Waals surface area contributed by atoms with Gasteiger partial charge in [-0.15, -0.1) is 11.3 Å². The number of carbonyl (C=O) groups is 1. The Bertz CT molecular complexity index is 385. The molecule has 2 rings (SSSR count). The molecule has 0 amide bonds. The molecule has 0 aromatic carbocycles. The first kappa shape index (κ1) is 11.6. The average Bonchev–Trinajstić information content (AvgIpc) is 2.66. The third kappa shape index (κ3) is 1.99. The normalized spacial score (nSPS) is 24.1. The summed E-state index contributed by atoms with van der Waals surface area (Å²) in [5, 5.41) is 11.1. The van der Waals surface area contributed by atoms with Gasteiger partial charge in [0.1, 0.15) is 5.60 Å². The molecule has 16 heavy (non-hydrogen) atoms. The van der Waals surface area contributed by atoms with Gasteiger partial charge in [-0.05, 0) is 23.4 Å². The lowest BCUT2D eigenvalue weighted by Gasteiger charge is -2.36. The molecule has 0 radical (unpaired) electrons. The molecule has 3 nitrogen and oxygen atoms in total. The molecule has 1 N–H and O–H groups in total. The number of rotatable bonds is 4. The van der Waals surface area contributed by atoms with E-state index in [1.165, 1.54) is 4.88 Å². The van der Waals surface area contributed by atoms with Crippen molar-refractivity contribution in [2.75, 3.05) is 6.61 Å². The Labute approximate surface area is 99.1 Å². The predicted octanol–water partition coefficient (Wildman–Crippen LogP) is 2.79. The zero-order valence-corrected chi connectivity index (χ0v) is 10.2. The van der Waals surface area contributed by atoms with Crippen LogP contribution in [0.5, 0.6) is 0 Å². The maximum absolute atomic E-state index is 11.0. The van der Waals surface area contributed by atoms with Gasteiger partial charge in [0.05, 0.1) is 13.0 Å². The molecule has 0 aliphatic carbocycles. The fraction of sp³-hybridized carbons (Fsp3) is 0.583. The quantitative estimate of drug-likeness (QED) is 0.880. The Morgan fingerprint density at radius 1 is 1.69 bits per heavy atom. The number of fused-ring (bicyclic) bond motifs is 1. The van der Waals surface area contributed by atoms with Crippen LogP contribution in [0.1, 0.15) is 36.6 Å². The van der Waals surface area contributed by atoms with Crippen LogP contribution in [0.3, 0.4) is 0 Å². The fourth-order valence-corrected chi connectivity index (χ4v) is 3.40. The molecule has 1 atom stereocenters. The number of carboxylic acid groups (broad SMARTS) is 1. The van der Waals surface area contributed by atoms with E-state index in [4.69, 9.17) is 9.84 Å². The molecule has 1 unspecified atom stereocenters. The van der Waals surface area contributed by atoms with E-state index < -0.39 is 11.6 Å². The van der Waals surface area contributed by atoms with Gasteiger partial charge in [0, 0.05) is 11.3 Å². The maximum atomic E-state index is 11.0. The molecule has 2 heterocycles. The van der Waals surface area contributed by atoms with Gasteiger partial charge in [0.2, 0.25) is 0 Å². The van der Waals surface area contributed by atoms with Crippen LogP contribution in [-0.2, 0) is 21.6 Å². The molecule has 1 aliphatic heterocycles. The lowest BCUT2D eigenvalue weighted by molar-refractivity contribution is -0.148. The zero-order chi connectivity index (χ0) is 11.6. The number of carboxylic acids is 1. The molecule has 88 valence electrons. The number of thiophene rings is 1. The molecule has 0 saturated heterocycles. The van der Waals surface area contributed by atoms with Gasteiger partial charge in [-0.2, -0.15) is 0 Å². The molecule has 1 aromatic rings. The monoisotopic (exact) mass is 240 g/mol. The van der Waals surface area contributed by atoms with Gasteiger partial charge in [0.25, 0.3) is 0 Å². The summed E-state index contributed by atoms with van der Waals surface area (Å²) in [6.07, 6.45) is 2.70. The van der Waals surface area contributed by atoms with E-state index in [1.54, 1.807) is 11.3 Å². The molecule has 1 aliphatic rings. The van der Waals surface area contributed by atoms with Crippen molar-refractivity contribution in [3.63, 3.8) is 0 Å². The van der Waals surface area contributed by atoms with Crippen molar-refractivity contribution in [1.82, 2.24) is 0 Å². The van der Waals surface area contributed by atoms with Crippen LogP contribution >= 0.6 is 11.3 Å². The highest BCUT2D eigenvalue weighted by Crippen LogP contribution is 2.41. The van der Waals surface area contributed by atoms with Crippen molar-refractivity contribution in [1.29, 1.82) is 0 Å². The summed E-state index contributed by atoms with van der Waals surface area (Å²) in [6, 6.07) is 2.03. The smallest absolute Gasteiger partial charge is 0.306 e. The lowest BCUT2D eigenvalue weighted by atomic mass is 9.84. The van der Waals surface area contributed by atoms with Gasteiger partial charge in [-0.3, -0.25) is 4.79 Å². The molecule has 0 fully saturated rings. The van der Waals surface area contributed by atoms with E-state index in [0.717, 1.165) is 24.8 Å². The largest absolute Gasteiger partial charge is 0.481 e. The molecule has 0 bridgehead atoms. The van der Waals surface area contributed by atoms with E-state index in [9.17, 15) is 4.79 Å². The van der Waals surface area contributed by atoms with E-state index in [2.05, 4.69) is 6.92 Å². The number of ether oxygens (including phenoxy) is 1. The van der Waals surface area contributed by atoms with Gasteiger partial charge in [-0.1, -0.05) is 13.3 Å². The van der Waals surface area contributed by atoms with Crippen molar-refractivity contribution in [2.24, 2.45) is 0 Å². The SMILES string of the molecule is CCCC1(CC(=O)O)OCCc2sccc21. The Morgan fingerprint density at radius 2 is 2.50 bits per heavy atom. The second kappa shape index (κ2) is 4.55. The van der Waals surface area contributed by atoms with Crippen LogP contribution in [0.15, 0.2) is 11.4 Å². The summed E-state index contributed by atoms with van der Waals surface area (Å²) in [7, 11) is 0. The molecular formula is C12H16O3S. The highest BCUT2D eigenvalue weighted by Gasteiger charge is 2.39. The molecular weight excluding hydrogens is 224 g/mol. The standard InChI is InChI=1S/C12H16O3S/c1-2-5-12(8-11(13)14)9-4-7-16-10(9)3-6-15-12/h4,7H,2-3,5-6,8H2,1H3,(H,13,14). The third-order valence-electron chi connectivity index (χ3n) is 3.03. The summed E-state index contributed by atoms with van der Waals surface area (Å²) in [4.78, 5) is 12.3. The van der Waals surface area contributed by atoms with Gasteiger partial charge in [0.15, 0.2) is 0 Å². The second-order valence-electron chi connectivity index (χ2n) is 4.17. The van der Waals surface area contributed by atoms with Gasteiger partial charge in [-0.25, -0.2) is 0 Å². The Kier molecular flexibility index (Phi) is 3.30. The number of hydrogen-bond donors (Lipinski definition) is 1. The summed E-state index contributed by atoms with van der Waals surface area (Å²) in [5.74, 6) is -0.785. The summed E-state index contributed by atoms with van der Waals surface area (Å²) >= 11 is 1.71. The van der Waals surface area contributed by atoms with E-state index in [1.807, 2.05) is 11.4 Å². The Morgan fingerprint density at radius 3 is 3.19 bits per heavy atom. The van der Waals surface area contributed by atoms with Crippen LogP contribution in [0.25, 0.3) is 0 Å². The Balaban J connectivity index is 2.37. The zero-order valence-electron chi connectivity index (χ0n) is 9.36. The van der Waals surface area contributed by atoms with Crippen LogP contribution in [0, 0.1) is 0 Å². The molecule has 4 heteroatoms. The minimum absolute atomic E-state index is 0.0740. The summed E-state index contributed by atoms with van der Waals surface area (Å²) in [6.45, 7) is 2.70. The lowest BCUT2D eigenvalue weighted by Crippen LogP contribution is -2.36. The molecule has 0 saturated carbocycles. The highest BCUT2D eigenvalue weighted by atomic mass is 32.1. The summed E-state index contributed by atoms with van der Waals surface area (Å²) in [5.41, 5.74) is 0.529. The first-order chi connectivity index (χ1) is 7.68. The third-order valence-corrected chi connectivity index (χ3v) is 4.02. The van der Waals surface area contributed by atoms with Crippen molar-refractivity contribution in [2.45, 2.75) is 38.2 Å². The van der Waals surface area contributed by atoms with Crippen LogP contribution in [0.4, 0.5) is 0 Å². The predicted molar refractivity (Wildman–Crippen MR) is 62.8 cm³/mol. The second-order valence-corrected chi connectivity index (χ2v) is 5.17. The maximum Gasteiger partial charge on any atom is 0.306 e. The van der Waals surface area contributed by atoms with E-state index in [-0.39, 0.29) is 6.42 Å². The molecule has 1 aromatic heterocycles. The number of hydrogen-bond acceptors (Lipinski definition) is 3. The van der Waals surface area contributed by atoms with Crippen molar-refractivity contribution >= 4 is 17.3 Å². The number of aliphatic carboxylic acids is 1. The fourth-order valence-electron chi connectivity index (χ4n) is 2.45. The van der Waals surface area contributed by atoms with Crippen molar-refractivity contribution in [3.8, 4) is 0 Å². The highest BCUT2D eigenvalue weighted by molar-refractivity contribution is 7.10. The van der Waals surface area contributed by atoms with Crippen LogP contribution in [0.2, 0.25) is 0 Å². The topological polar surface area (TPSA) is 46.5 Å². The van der Waals surface area contributed by atoms with E-state index in [0.29, 0.717) is 6.61 Å². The minimum atomic E-state index is -0.785. The first-order valence-electron chi connectivity index (χ1n) is 5.60. The van der Waals surface area contributed by atoms with Gasteiger partial charge >= 0.3 is 5.97 Å².